The highest BCUT2D eigenvalue weighted by atomic mass is 32.2. The van der Waals surface area contributed by atoms with Gasteiger partial charge in [0.05, 0.1) is 12.2 Å². The third-order valence-electron chi connectivity index (χ3n) is 2.46. The number of nitriles is 1. The number of hydrogen-bond donors (Lipinski definition) is 3. The normalized spacial score (nSPS) is 13.8. The number of hydrogen-bond acceptors (Lipinski definition) is 4. The standard InChI is InChI=1S/C11H15N3O2S/c1-7(10(6-15)17-2)14-11(16)8-3-9(4-12)13-5-8/h3,5,7,10,13,15H,6H2,1-2H3,(H,14,16). The van der Waals surface area contributed by atoms with Crippen molar-refractivity contribution in [3.8, 4) is 6.07 Å². The third kappa shape index (κ3) is 3.51. The predicted molar refractivity (Wildman–Crippen MR) is 66.8 cm³/mol. The Morgan fingerprint density at radius 3 is 2.94 bits per heavy atom. The Balaban J connectivity index is 2.63. The monoisotopic (exact) mass is 253 g/mol. The minimum Gasteiger partial charge on any atom is -0.395 e. The molecule has 17 heavy (non-hydrogen) atoms. The number of aliphatic hydroxyl groups is 1. The summed E-state index contributed by atoms with van der Waals surface area (Å²) in [5.41, 5.74) is 0.776. The first-order valence-electron chi connectivity index (χ1n) is 5.15. The van der Waals surface area contributed by atoms with Gasteiger partial charge in [-0.25, -0.2) is 0 Å². The second kappa shape index (κ2) is 6.33. The van der Waals surface area contributed by atoms with Crippen molar-refractivity contribution >= 4 is 17.7 Å². The molecule has 1 rings (SSSR count). The molecule has 0 saturated heterocycles. The predicted octanol–water partition coefficient (Wildman–Crippen LogP) is 0.729. The number of aromatic amines is 1. The zero-order valence-corrected chi connectivity index (χ0v) is 10.5. The number of H-pyrrole nitrogens is 1. The molecule has 3 N–H and O–H groups in total. The molecule has 0 aromatic carbocycles. The van der Waals surface area contributed by atoms with Crippen molar-refractivity contribution < 1.29 is 9.90 Å². The maximum Gasteiger partial charge on any atom is 0.253 e. The van der Waals surface area contributed by atoms with Crippen LogP contribution in [-0.2, 0) is 0 Å². The Kier molecular flexibility index (Phi) is 5.07. The summed E-state index contributed by atoms with van der Waals surface area (Å²) in [6.45, 7) is 1.85. The van der Waals surface area contributed by atoms with Gasteiger partial charge in [-0.15, -0.1) is 0 Å². The molecule has 0 fully saturated rings. The lowest BCUT2D eigenvalue weighted by Gasteiger charge is -2.20. The highest BCUT2D eigenvalue weighted by molar-refractivity contribution is 7.99. The number of nitrogens with zero attached hydrogens (tertiary/aromatic N) is 1. The molecule has 5 nitrogen and oxygen atoms in total. The summed E-state index contributed by atoms with van der Waals surface area (Å²) in [7, 11) is 0. The van der Waals surface area contributed by atoms with Crippen molar-refractivity contribution in [2.45, 2.75) is 18.2 Å². The lowest BCUT2D eigenvalue weighted by Crippen LogP contribution is -2.41. The summed E-state index contributed by atoms with van der Waals surface area (Å²) < 4.78 is 0. The molecule has 2 atom stereocenters. The van der Waals surface area contributed by atoms with Gasteiger partial charge in [0, 0.05) is 17.5 Å². The Bertz CT molecular complexity index is 421. The fourth-order valence-electron chi connectivity index (χ4n) is 1.41. The molecule has 1 heterocycles. The van der Waals surface area contributed by atoms with Gasteiger partial charge in [0.25, 0.3) is 5.91 Å². The van der Waals surface area contributed by atoms with Crippen molar-refractivity contribution in [3.05, 3.63) is 23.5 Å². The van der Waals surface area contributed by atoms with Crippen LogP contribution in [0.3, 0.4) is 0 Å². The van der Waals surface area contributed by atoms with Gasteiger partial charge in [0.1, 0.15) is 11.8 Å². The van der Waals surface area contributed by atoms with Crippen molar-refractivity contribution in [2.75, 3.05) is 12.9 Å². The van der Waals surface area contributed by atoms with Gasteiger partial charge in [-0.2, -0.15) is 17.0 Å². The van der Waals surface area contributed by atoms with Crippen molar-refractivity contribution in [1.82, 2.24) is 10.3 Å². The first-order valence-corrected chi connectivity index (χ1v) is 6.44. The van der Waals surface area contributed by atoms with Crippen LogP contribution < -0.4 is 5.32 Å². The summed E-state index contributed by atoms with van der Waals surface area (Å²) in [5, 5.41) is 20.5. The van der Waals surface area contributed by atoms with Gasteiger partial charge in [-0.05, 0) is 19.2 Å². The van der Waals surface area contributed by atoms with E-state index in [9.17, 15) is 4.79 Å². The van der Waals surface area contributed by atoms with E-state index in [1.165, 1.54) is 24.0 Å². The van der Waals surface area contributed by atoms with Gasteiger partial charge in [0.15, 0.2) is 0 Å². The van der Waals surface area contributed by atoms with E-state index in [2.05, 4.69) is 10.3 Å². The Morgan fingerprint density at radius 1 is 1.76 bits per heavy atom. The van der Waals surface area contributed by atoms with E-state index in [4.69, 9.17) is 10.4 Å². The number of aliphatic hydroxyl groups excluding tert-OH is 1. The van der Waals surface area contributed by atoms with E-state index in [-0.39, 0.29) is 23.8 Å². The van der Waals surface area contributed by atoms with Crippen molar-refractivity contribution in [3.63, 3.8) is 0 Å². The highest BCUT2D eigenvalue weighted by Gasteiger charge is 2.18. The Morgan fingerprint density at radius 2 is 2.47 bits per heavy atom. The SMILES string of the molecule is CSC(CO)C(C)NC(=O)c1c[nH]c(C#N)c1. The minimum absolute atomic E-state index is 0.0131. The molecule has 0 aliphatic heterocycles. The maximum atomic E-state index is 11.8. The average Bonchev–Trinajstić information content (AvgIpc) is 2.79. The molecule has 0 bridgehead atoms. The Labute approximate surface area is 104 Å². The van der Waals surface area contributed by atoms with Crippen LogP contribution in [0.25, 0.3) is 0 Å². The van der Waals surface area contributed by atoms with Crippen LogP contribution in [0.15, 0.2) is 12.3 Å². The van der Waals surface area contributed by atoms with E-state index < -0.39 is 0 Å². The van der Waals surface area contributed by atoms with Crippen molar-refractivity contribution in [2.24, 2.45) is 0 Å². The summed E-state index contributed by atoms with van der Waals surface area (Å²) >= 11 is 1.50. The highest BCUT2D eigenvalue weighted by Crippen LogP contribution is 2.11. The molecule has 1 aromatic heterocycles. The van der Waals surface area contributed by atoms with E-state index in [1.54, 1.807) is 0 Å². The molecule has 0 aliphatic carbocycles. The van der Waals surface area contributed by atoms with E-state index in [1.807, 2.05) is 19.2 Å². The number of carbonyl (C=O) groups is 1. The van der Waals surface area contributed by atoms with Crippen LogP contribution in [0.2, 0.25) is 0 Å². The summed E-state index contributed by atoms with van der Waals surface area (Å²) in [6, 6.07) is 3.28. The minimum atomic E-state index is -0.247. The molecule has 92 valence electrons. The van der Waals surface area contributed by atoms with Crippen LogP contribution in [0.4, 0.5) is 0 Å². The van der Waals surface area contributed by atoms with Gasteiger partial charge in [-0.3, -0.25) is 4.79 Å². The van der Waals surface area contributed by atoms with Crippen LogP contribution in [0.1, 0.15) is 23.0 Å². The molecule has 1 aromatic rings. The number of aromatic nitrogens is 1. The maximum absolute atomic E-state index is 11.8. The topological polar surface area (TPSA) is 88.9 Å². The van der Waals surface area contributed by atoms with Crippen LogP contribution in [0, 0.1) is 11.3 Å². The smallest absolute Gasteiger partial charge is 0.253 e. The van der Waals surface area contributed by atoms with Gasteiger partial charge >= 0.3 is 0 Å². The number of amides is 1. The largest absolute Gasteiger partial charge is 0.395 e. The molecular weight excluding hydrogens is 238 g/mol. The number of nitrogens with one attached hydrogen (secondary N) is 2. The average molecular weight is 253 g/mol. The second-order valence-corrected chi connectivity index (χ2v) is 4.71. The molecule has 0 aliphatic rings. The number of thioether (sulfide) groups is 1. The van der Waals surface area contributed by atoms with Gasteiger partial charge < -0.3 is 15.4 Å². The summed E-state index contributed by atoms with van der Waals surface area (Å²) in [5.74, 6) is -0.247. The fraction of sp³-hybridized carbons (Fsp3) is 0.455. The van der Waals surface area contributed by atoms with E-state index in [0.717, 1.165) is 0 Å². The molecule has 2 unspecified atom stereocenters. The number of rotatable bonds is 5. The lowest BCUT2D eigenvalue weighted by molar-refractivity contribution is 0.0936. The molecular formula is C11H15N3O2S. The Hall–Kier alpha value is -1.45. The van der Waals surface area contributed by atoms with Gasteiger partial charge in [-0.1, -0.05) is 0 Å². The first kappa shape index (κ1) is 13.6. The van der Waals surface area contributed by atoms with E-state index in [0.29, 0.717) is 11.3 Å². The molecule has 6 heteroatoms. The van der Waals surface area contributed by atoms with Crippen LogP contribution in [-0.4, -0.2) is 40.2 Å². The zero-order chi connectivity index (χ0) is 12.8. The van der Waals surface area contributed by atoms with Crippen molar-refractivity contribution in [1.29, 1.82) is 5.26 Å². The number of carbonyl (C=O) groups excluding carboxylic acids is 1. The van der Waals surface area contributed by atoms with Crippen LogP contribution >= 0.6 is 11.8 Å². The molecule has 0 radical (unpaired) electrons. The quantitative estimate of drug-likeness (QED) is 0.721. The van der Waals surface area contributed by atoms with E-state index >= 15 is 0 Å². The summed E-state index contributed by atoms with van der Waals surface area (Å²) in [6.07, 6.45) is 3.38. The summed E-state index contributed by atoms with van der Waals surface area (Å²) in [4.78, 5) is 14.5. The third-order valence-corrected chi connectivity index (χ3v) is 3.63. The molecule has 1 amide bonds. The first-order chi connectivity index (χ1) is 8.12. The fourth-order valence-corrected chi connectivity index (χ4v) is 2.04. The lowest BCUT2D eigenvalue weighted by atomic mass is 10.2. The van der Waals surface area contributed by atoms with Crippen LogP contribution in [0.5, 0.6) is 0 Å². The molecule has 0 saturated carbocycles. The zero-order valence-electron chi connectivity index (χ0n) is 9.73. The second-order valence-electron chi connectivity index (χ2n) is 3.63. The molecule has 0 spiro atoms. The van der Waals surface area contributed by atoms with Gasteiger partial charge in [0.2, 0.25) is 0 Å².